The number of halogens is 2. The number of carbonyl (C=O) groups excluding carboxylic acids is 1. The van der Waals surface area contributed by atoms with E-state index in [9.17, 15) is 10.1 Å². The Hall–Kier alpha value is -1.74. The molecule has 1 amide bonds. The van der Waals surface area contributed by atoms with E-state index in [1.165, 1.54) is 11.8 Å². The van der Waals surface area contributed by atoms with Crippen molar-refractivity contribution in [3.05, 3.63) is 51.1 Å². The molecule has 7 heteroatoms. The van der Waals surface area contributed by atoms with Gasteiger partial charge >= 0.3 is 0 Å². The number of fused-ring (bicyclic) bond motifs is 1. The van der Waals surface area contributed by atoms with Crippen LogP contribution in [0.15, 0.2) is 29.3 Å². The van der Waals surface area contributed by atoms with Crippen LogP contribution in [0.4, 0.5) is 5.69 Å². The van der Waals surface area contributed by atoms with Crippen LogP contribution in [0, 0.1) is 11.3 Å². The van der Waals surface area contributed by atoms with Crippen LogP contribution in [0.3, 0.4) is 0 Å². The Kier molecular flexibility index (Phi) is 6.08. The summed E-state index contributed by atoms with van der Waals surface area (Å²) >= 11 is 13.5. The minimum atomic E-state index is -0.455. The first-order valence-electron chi connectivity index (χ1n) is 8.34. The van der Waals surface area contributed by atoms with Gasteiger partial charge in [-0.1, -0.05) is 41.0 Å². The summed E-state index contributed by atoms with van der Waals surface area (Å²) in [5, 5.41) is 13.1. The molecule has 0 radical (unpaired) electrons. The van der Waals surface area contributed by atoms with Crippen LogP contribution < -0.4 is 5.32 Å². The van der Waals surface area contributed by atoms with Crippen LogP contribution in [-0.2, 0) is 17.6 Å². The van der Waals surface area contributed by atoms with Crippen molar-refractivity contribution in [1.29, 1.82) is 5.26 Å². The van der Waals surface area contributed by atoms with Crippen LogP contribution in [0.25, 0.3) is 0 Å². The summed E-state index contributed by atoms with van der Waals surface area (Å²) in [6, 6.07) is 9.17. The van der Waals surface area contributed by atoms with Crippen molar-refractivity contribution in [3.63, 3.8) is 0 Å². The molecule has 0 spiro atoms. The van der Waals surface area contributed by atoms with Crippen LogP contribution in [-0.4, -0.2) is 16.1 Å². The number of para-hydroxylation sites is 1. The van der Waals surface area contributed by atoms with E-state index in [1.54, 1.807) is 25.1 Å². The smallest absolute Gasteiger partial charge is 0.237 e. The maximum atomic E-state index is 12.5. The number of benzene rings is 1. The van der Waals surface area contributed by atoms with Gasteiger partial charge in [0, 0.05) is 5.69 Å². The molecule has 3 rings (SSSR count). The molecule has 26 heavy (non-hydrogen) atoms. The highest BCUT2D eigenvalue weighted by atomic mass is 35.5. The fraction of sp³-hybridized carbons (Fsp3) is 0.316. The minimum absolute atomic E-state index is 0.242. The Morgan fingerprint density at radius 3 is 2.69 bits per heavy atom. The number of carbonyl (C=O) groups is 1. The quantitative estimate of drug-likeness (QED) is 0.704. The van der Waals surface area contributed by atoms with Crippen molar-refractivity contribution < 1.29 is 4.79 Å². The molecular formula is C19H17Cl2N3OS. The van der Waals surface area contributed by atoms with Crippen LogP contribution in [0.2, 0.25) is 10.0 Å². The first-order valence-corrected chi connectivity index (χ1v) is 9.97. The van der Waals surface area contributed by atoms with Crippen molar-refractivity contribution >= 4 is 46.6 Å². The predicted molar refractivity (Wildman–Crippen MR) is 106 cm³/mol. The van der Waals surface area contributed by atoms with Crippen molar-refractivity contribution in [2.24, 2.45) is 0 Å². The number of thioether (sulfide) groups is 1. The van der Waals surface area contributed by atoms with Crippen LogP contribution in [0.5, 0.6) is 0 Å². The second-order valence-electron chi connectivity index (χ2n) is 6.11. The van der Waals surface area contributed by atoms with Gasteiger partial charge in [0.25, 0.3) is 0 Å². The number of anilines is 1. The first-order chi connectivity index (χ1) is 12.5. The second-order valence-corrected chi connectivity index (χ2v) is 8.26. The third-order valence-electron chi connectivity index (χ3n) is 4.25. The Morgan fingerprint density at radius 1 is 1.31 bits per heavy atom. The zero-order valence-electron chi connectivity index (χ0n) is 14.2. The maximum Gasteiger partial charge on any atom is 0.237 e. The number of pyridine rings is 1. The molecule has 0 saturated heterocycles. The zero-order valence-corrected chi connectivity index (χ0v) is 16.5. The highest BCUT2D eigenvalue weighted by Crippen LogP contribution is 2.33. The molecule has 1 heterocycles. The molecular weight excluding hydrogens is 389 g/mol. The Labute approximate surface area is 166 Å². The van der Waals surface area contributed by atoms with Gasteiger partial charge in [0.05, 0.1) is 26.5 Å². The molecule has 2 aromatic rings. The van der Waals surface area contributed by atoms with E-state index in [0.29, 0.717) is 26.3 Å². The lowest BCUT2D eigenvalue weighted by Crippen LogP contribution is -2.23. The number of amides is 1. The van der Waals surface area contributed by atoms with Gasteiger partial charge in [-0.05, 0) is 56.4 Å². The van der Waals surface area contributed by atoms with E-state index < -0.39 is 5.25 Å². The lowest BCUT2D eigenvalue weighted by Gasteiger charge is -2.18. The van der Waals surface area contributed by atoms with E-state index in [2.05, 4.69) is 16.4 Å². The first kappa shape index (κ1) is 19.0. The highest BCUT2D eigenvalue weighted by molar-refractivity contribution is 8.00. The van der Waals surface area contributed by atoms with Gasteiger partial charge in [0.2, 0.25) is 5.91 Å². The summed E-state index contributed by atoms with van der Waals surface area (Å²) in [5.74, 6) is -0.242. The number of hydrogen-bond acceptors (Lipinski definition) is 4. The third kappa shape index (κ3) is 4.15. The van der Waals surface area contributed by atoms with Gasteiger partial charge in [-0.3, -0.25) is 4.79 Å². The number of aromatic nitrogens is 1. The fourth-order valence-electron chi connectivity index (χ4n) is 2.85. The van der Waals surface area contributed by atoms with Gasteiger partial charge in [-0.15, -0.1) is 0 Å². The van der Waals surface area contributed by atoms with Gasteiger partial charge < -0.3 is 5.32 Å². The molecule has 0 saturated carbocycles. The van der Waals surface area contributed by atoms with Gasteiger partial charge in [-0.25, -0.2) is 4.98 Å². The summed E-state index contributed by atoms with van der Waals surface area (Å²) in [6.45, 7) is 1.77. The van der Waals surface area contributed by atoms with Crippen LogP contribution in [0.1, 0.15) is 36.6 Å². The van der Waals surface area contributed by atoms with Crippen LogP contribution >= 0.6 is 35.0 Å². The molecule has 1 aliphatic carbocycles. The molecule has 1 atom stereocenters. The summed E-state index contributed by atoms with van der Waals surface area (Å²) in [4.78, 5) is 17.2. The molecule has 0 fully saturated rings. The SMILES string of the molecule is CC(Sc1nc2c(cc1C#N)CCCC2)C(=O)Nc1c(Cl)cccc1Cl. The number of rotatable bonds is 4. The number of nitriles is 1. The fourth-order valence-corrected chi connectivity index (χ4v) is 4.23. The number of hydrogen-bond donors (Lipinski definition) is 1. The number of nitrogens with zero attached hydrogens (tertiary/aromatic N) is 2. The molecule has 1 aromatic heterocycles. The molecule has 4 nitrogen and oxygen atoms in total. The minimum Gasteiger partial charge on any atom is -0.323 e. The zero-order chi connectivity index (χ0) is 18.7. The second kappa shape index (κ2) is 8.30. The standard InChI is InChI=1S/C19H17Cl2N3OS/c1-11(18(25)24-17-14(20)6-4-7-15(17)21)26-19-13(10-22)9-12-5-2-3-8-16(12)23-19/h4,6-7,9,11H,2-3,5,8H2,1H3,(H,24,25). The van der Waals surface area contributed by atoms with Gasteiger partial charge in [-0.2, -0.15) is 5.26 Å². The Bertz CT molecular complexity index is 875. The molecule has 1 aromatic carbocycles. The normalized spacial score (nSPS) is 14.2. The predicted octanol–water partition coefficient (Wildman–Crippen LogP) is 5.26. The van der Waals surface area contributed by atoms with E-state index in [0.717, 1.165) is 36.9 Å². The number of nitrogens with one attached hydrogen (secondary N) is 1. The van der Waals surface area contributed by atoms with Crippen molar-refractivity contribution in [3.8, 4) is 6.07 Å². The van der Waals surface area contributed by atoms with E-state index in [4.69, 9.17) is 23.2 Å². The molecule has 0 aliphatic heterocycles. The third-order valence-corrected chi connectivity index (χ3v) is 5.99. The topological polar surface area (TPSA) is 65.8 Å². The lowest BCUT2D eigenvalue weighted by molar-refractivity contribution is -0.115. The van der Waals surface area contributed by atoms with E-state index >= 15 is 0 Å². The largest absolute Gasteiger partial charge is 0.323 e. The van der Waals surface area contributed by atoms with Gasteiger partial charge in [0.15, 0.2) is 0 Å². The number of aryl methyl sites for hydroxylation is 2. The average molecular weight is 406 g/mol. The summed E-state index contributed by atoms with van der Waals surface area (Å²) < 4.78 is 0. The lowest BCUT2D eigenvalue weighted by atomic mass is 9.95. The maximum absolute atomic E-state index is 12.5. The molecule has 1 unspecified atom stereocenters. The van der Waals surface area contributed by atoms with E-state index in [-0.39, 0.29) is 5.91 Å². The monoisotopic (exact) mass is 405 g/mol. The van der Waals surface area contributed by atoms with Crippen molar-refractivity contribution in [2.45, 2.75) is 42.9 Å². The Morgan fingerprint density at radius 2 is 2.00 bits per heavy atom. The Balaban J connectivity index is 1.78. The molecule has 134 valence electrons. The van der Waals surface area contributed by atoms with Gasteiger partial charge in [0.1, 0.15) is 11.1 Å². The highest BCUT2D eigenvalue weighted by Gasteiger charge is 2.21. The average Bonchev–Trinajstić information content (AvgIpc) is 2.64. The van der Waals surface area contributed by atoms with Crippen molar-refractivity contribution in [2.75, 3.05) is 5.32 Å². The molecule has 0 bridgehead atoms. The molecule has 1 aliphatic rings. The summed E-state index contributed by atoms with van der Waals surface area (Å²) in [7, 11) is 0. The summed E-state index contributed by atoms with van der Waals surface area (Å²) in [6.07, 6.45) is 4.12. The van der Waals surface area contributed by atoms with E-state index in [1.807, 2.05) is 6.07 Å². The van der Waals surface area contributed by atoms with Crippen molar-refractivity contribution in [1.82, 2.24) is 4.98 Å². The summed E-state index contributed by atoms with van der Waals surface area (Å²) in [5.41, 5.74) is 3.11. The molecule has 1 N–H and O–H groups in total.